The Labute approximate surface area is 376 Å². The summed E-state index contributed by atoms with van der Waals surface area (Å²) in [7, 11) is 0. The molecule has 63 heavy (non-hydrogen) atoms. The molecule has 1 aromatic heterocycles. The van der Waals surface area contributed by atoms with Crippen LogP contribution in [-0.4, -0.2) is 131 Å². The van der Waals surface area contributed by atoms with E-state index < -0.39 is 35.4 Å². The van der Waals surface area contributed by atoms with Crippen LogP contribution in [0.15, 0.2) is 54.0 Å². The molecule has 6 rings (SSSR count). The maximum Gasteiger partial charge on any atom is 0.265 e. The number of nitrogens with one attached hydrogen (secondary N) is 4. The van der Waals surface area contributed by atoms with E-state index in [9.17, 15) is 29.1 Å². The van der Waals surface area contributed by atoms with Gasteiger partial charge in [0.05, 0.1) is 28.2 Å². The predicted octanol–water partition coefficient (Wildman–Crippen LogP) is 4.27. The number of hydrazine groups is 1. The van der Waals surface area contributed by atoms with Crippen molar-refractivity contribution in [2.75, 3.05) is 63.8 Å². The lowest BCUT2D eigenvalue weighted by atomic mass is 9.85. The number of hydrogen-bond donors (Lipinski definition) is 5. The molecule has 5 N–H and O–H groups in total. The molecule has 4 heterocycles. The molecule has 342 valence electrons. The van der Waals surface area contributed by atoms with E-state index in [-0.39, 0.29) is 49.6 Å². The van der Waals surface area contributed by atoms with Gasteiger partial charge in [-0.2, -0.15) is 0 Å². The van der Waals surface area contributed by atoms with Gasteiger partial charge in [-0.15, -0.1) is 11.3 Å². The van der Waals surface area contributed by atoms with Gasteiger partial charge < -0.3 is 30.4 Å². The van der Waals surface area contributed by atoms with Gasteiger partial charge in [0.15, 0.2) is 0 Å². The van der Waals surface area contributed by atoms with Crippen LogP contribution in [0.2, 0.25) is 0 Å². The largest absolute Gasteiger partial charge is 0.391 e. The van der Waals surface area contributed by atoms with Gasteiger partial charge in [-0.05, 0) is 79.8 Å². The molecule has 3 aromatic rings. The molecule has 0 radical (unpaired) electrons. The van der Waals surface area contributed by atoms with Crippen LogP contribution in [0.25, 0.3) is 10.4 Å². The number of likely N-dealkylation sites (tertiary alicyclic amines) is 2. The second-order valence-electron chi connectivity index (χ2n) is 18.4. The minimum atomic E-state index is -0.967. The van der Waals surface area contributed by atoms with Crippen molar-refractivity contribution in [3.05, 3.63) is 70.9 Å². The van der Waals surface area contributed by atoms with Crippen molar-refractivity contribution in [1.82, 2.24) is 41.2 Å². The van der Waals surface area contributed by atoms with Gasteiger partial charge in [0.25, 0.3) is 5.91 Å². The number of aliphatic hydroxyl groups is 1. The molecule has 16 heteroatoms. The van der Waals surface area contributed by atoms with E-state index in [2.05, 4.69) is 36.3 Å². The van der Waals surface area contributed by atoms with Gasteiger partial charge in [0.2, 0.25) is 23.6 Å². The van der Waals surface area contributed by atoms with E-state index in [4.69, 9.17) is 0 Å². The molecule has 3 aliphatic rings. The first kappa shape index (κ1) is 47.6. The van der Waals surface area contributed by atoms with E-state index in [0.29, 0.717) is 24.6 Å². The summed E-state index contributed by atoms with van der Waals surface area (Å²) in [5, 5.41) is 16.6. The standard InChI is InChI=1S/C47H67N9O6S/c1-7-20-49-52-44(60)36-12-14-37(15-13-36)54-25-23-53(24-26-54)28-33-18-21-55(22-19-33)41(59)17-16-40(58)51-43(47(4,5)6)46(62)56-29-38(57)27-39(56)45(61)50-31(2)34-8-10-35(11-9-34)42-32(3)48-30-63-42/h8-15,30-31,33,38-39,43,49,57H,7,16-29H2,1-6H3,(H,50,61)(H,51,58)(H,52,60)/t31-,38+,39-,43+/m0/s1. The molecule has 0 unspecified atom stereocenters. The van der Waals surface area contributed by atoms with E-state index in [1.54, 1.807) is 11.3 Å². The summed E-state index contributed by atoms with van der Waals surface area (Å²) in [5.74, 6) is -0.925. The fourth-order valence-corrected chi connectivity index (χ4v) is 9.52. The number of piperazine rings is 1. The summed E-state index contributed by atoms with van der Waals surface area (Å²) in [4.78, 5) is 80.3. The molecule has 0 saturated carbocycles. The number of amides is 5. The minimum Gasteiger partial charge on any atom is -0.391 e. The monoisotopic (exact) mass is 885 g/mol. The molecule has 3 saturated heterocycles. The van der Waals surface area contributed by atoms with Crippen LogP contribution >= 0.6 is 11.3 Å². The second kappa shape index (κ2) is 21.7. The van der Waals surface area contributed by atoms with Crippen LogP contribution in [0, 0.1) is 18.3 Å². The number of carbonyl (C=O) groups is 5. The Morgan fingerprint density at radius 2 is 1.59 bits per heavy atom. The lowest BCUT2D eigenvalue weighted by molar-refractivity contribution is -0.144. The number of hydrogen-bond acceptors (Lipinski definition) is 11. The van der Waals surface area contributed by atoms with E-state index in [1.807, 2.05) is 100 Å². The number of aliphatic hydroxyl groups excluding tert-OH is 1. The van der Waals surface area contributed by atoms with Crippen LogP contribution in [0.4, 0.5) is 5.69 Å². The number of thiazole rings is 1. The average Bonchev–Trinajstić information content (AvgIpc) is 3.89. The van der Waals surface area contributed by atoms with Crippen molar-refractivity contribution in [3.8, 4) is 10.4 Å². The summed E-state index contributed by atoms with van der Waals surface area (Å²) in [6, 6.07) is 13.5. The highest BCUT2D eigenvalue weighted by Crippen LogP contribution is 2.30. The number of aromatic nitrogens is 1. The number of rotatable bonds is 16. The molecule has 0 aliphatic carbocycles. The number of aryl methyl sites for hydroxylation is 1. The van der Waals surface area contributed by atoms with Gasteiger partial charge in [-0.3, -0.25) is 34.3 Å². The number of β-amino-alcohol motifs (C(OH)–C–C–N with tert-alkyl or cyclic N) is 1. The zero-order chi connectivity index (χ0) is 45.3. The first-order valence-electron chi connectivity index (χ1n) is 22.6. The Bertz CT molecular complexity index is 2020. The van der Waals surface area contributed by atoms with Gasteiger partial charge in [0.1, 0.15) is 12.1 Å². The maximum absolute atomic E-state index is 14.1. The van der Waals surface area contributed by atoms with E-state index in [1.165, 1.54) is 4.90 Å². The Morgan fingerprint density at radius 1 is 0.905 bits per heavy atom. The molecular weight excluding hydrogens is 819 g/mol. The van der Waals surface area contributed by atoms with Crippen molar-refractivity contribution in [1.29, 1.82) is 0 Å². The zero-order valence-corrected chi connectivity index (χ0v) is 38.6. The quantitative estimate of drug-likeness (QED) is 0.103. The summed E-state index contributed by atoms with van der Waals surface area (Å²) in [6.07, 6.45) is 1.95. The van der Waals surface area contributed by atoms with Crippen LogP contribution in [0.3, 0.4) is 0 Å². The Kier molecular flexibility index (Phi) is 16.4. The Morgan fingerprint density at radius 3 is 2.21 bits per heavy atom. The third kappa shape index (κ3) is 12.6. The first-order chi connectivity index (χ1) is 30.1. The maximum atomic E-state index is 14.1. The number of nitrogens with zero attached hydrogens (tertiary/aromatic N) is 5. The lowest BCUT2D eigenvalue weighted by Gasteiger charge is -2.39. The topological polar surface area (TPSA) is 180 Å². The van der Waals surface area contributed by atoms with Crippen molar-refractivity contribution < 1.29 is 29.1 Å². The summed E-state index contributed by atoms with van der Waals surface area (Å²) in [6.45, 7) is 18.2. The molecular formula is C47H67N9O6S. The van der Waals surface area contributed by atoms with Crippen LogP contribution in [0.1, 0.15) is 101 Å². The molecule has 5 amide bonds. The predicted molar refractivity (Wildman–Crippen MR) is 246 cm³/mol. The number of carbonyl (C=O) groups excluding carboxylic acids is 5. The number of anilines is 1. The van der Waals surface area contributed by atoms with Gasteiger partial charge >= 0.3 is 0 Å². The second-order valence-corrected chi connectivity index (χ2v) is 19.3. The average molecular weight is 886 g/mol. The Balaban J connectivity index is 0.922. The molecule has 0 bridgehead atoms. The molecule has 4 atom stereocenters. The Hall–Kier alpha value is -4.90. The van der Waals surface area contributed by atoms with Crippen LogP contribution < -0.4 is 26.4 Å². The minimum absolute atomic E-state index is 0.0181. The third-order valence-corrected chi connectivity index (χ3v) is 13.5. The molecule has 3 fully saturated rings. The number of benzene rings is 2. The van der Waals surface area contributed by atoms with Crippen molar-refractivity contribution in [3.63, 3.8) is 0 Å². The lowest BCUT2D eigenvalue weighted by Crippen LogP contribution is -2.58. The molecule has 3 aliphatic heterocycles. The number of piperidine rings is 1. The van der Waals surface area contributed by atoms with Crippen LogP contribution in [0.5, 0.6) is 0 Å². The van der Waals surface area contributed by atoms with Crippen molar-refractivity contribution >= 4 is 46.6 Å². The van der Waals surface area contributed by atoms with Gasteiger partial charge in [-0.1, -0.05) is 52.0 Å². The fraction of sp³-hybridized carbons (Fsp3) is 0.574. The highest BCUT2D eigenvalue weighted by molar-refractivity contribution is 7.13. The van der Waals surface area contributed by atoms with Gasteiger partial charge in [-0.25, -0.2) is 10.4 Å². The summed E-state index contributed by atoms with van der Waals surface area (Å²) >= 11 is 1.58. The molecule has 0 spiro atoms. The van der Waals surface area contributed by atoms with Crippen molar-refractivity contribution in [2.45, 2.75) is 104 Å². The smallest absolute Gasteiger partial charge is 0.265 e. The van der Waals surface area contributed by atoms with Crippen LogP contribution in [-0.2, 0) is 19.2 Å². The summed E-state index contributed by atoms with van der Waals surface area (Å²) < 4.78 is 0. The van der Waals surface area contributed by atoms with Crippen molar-refractivity contribution in [2.24, 2.45) is 11.3 Å². The highest BCUT2D eigenvalue weighted by atomic mass is 32.1. The molecule has 15 nitrogen and oxygen atoms in total. The third-order valence-electron chi connectivity index (χ3n) is 12.6. The summed E-state index contributed by atoms with van der Waals surface area (Å²) in [5.41, 5.74) is 11.4. The van der Waals surface area contributed by atoms with E-state index in [0.717, 1.165) is 85.9 Å². The fourth-order valence-electron chi connectivity index (χ4n) is 8.71. The molecule has 2 aromatic carbocycles. The van der Waals surface area contributed by atoms with Gasteiger partial charge in [0, 0.05) is 89.4 Å². The zero-order valence-electron chi connectivity index (χ0n) is 37.8. The normalized spacial score (nSPS) is 19.7. The highest BCUT2D eigenvalue weighted by Gasteiger charge is 2.45. The first-order valence-corrected chi connectivity index (χ1v) is 23.5. The SMILES string of the molecule is CCCNNC(=O)c1ccc(N2CCN(CC3CCN(C(=O)CCC(=O)N[C@H](C(=O)N4C[C@H](O)C[C@H]4C(=O)N[C@@H](C)c4ccc(-c5scnc5C)cc4)C(C)(C)C)CC3)CC2)cc1. The van der Waals surface area contributed by atoms with E-state index >= 15 is 0 Å².